The Kier molecular flexibility index (Phi) is 7.76. The van der Waals surface area contributed by atoms with E-state index in [2.05, 4.69) is 25.4 Å². The van der Waals surface area contributed by atoms with Crippen molar-refractivity contribution in [3.05, 3.63) is 94.4 Å². The zero-order valence-corrected chi connectivity index (χ0v) is 24.5. The lowest BCUT2D eigenvalue weighted by molar-refractivity contribution is -0.140. The van der Waals surface area contributed by atoms with E-state index in [1.54, 1.807) is 35.3 Å². The summed E-state index contributed by atoms with van der Waals surface area (Å²) in [7, 11) is 1.81. The van der Waals surface area contributed by atoms with E-state index < -0.39 is 24.1 Å². The molecule has 1 aliphatic rings. The van der Waals surface area contributed by atoms with Gasteiger partial charge in [0.2, 0.25) is 0 Å². The summed E-state index contributed by atoms with van der Waals surface area (Å²) in [5, 5.41) is 18.7. The summed E-state index contributed by atoms with van der Waals surface area (Å²) in [6, 6.07) is 9.24. The molecule has 0 fully saturated rings. The van der Waals surface area contributed by atoms with Gasteiger partial charge in [-0.2, -0.15) is 18.3 Å². The maximum atomic E-state index is 13.7. The number of aliphatic hydroxyl groups is 1. The summed E-state index contributed by atoms with van der Waals surface area (Å²) < 4.78 is 44.2. The minimum Gasteiger partial charge on any atom is -0.374 e. The number of rotatable bonds is 3. The third kappa shape index (κ3) is 5.72. The van der Waals surface area contributed by atoms with Crippen LogP contribution in [0.1, 0.15) is 43.6 Å². The highest BCUT2D eigenvalue weighted by Gasteiger charge is 2.34. The van der Waals surface area contributed by atoms with E-state index in [-0.39, 0.29) is 17.2 Å². The molecule has 0 aliphatic carbocycles. The van der Waals surface area contributed by atoms with Crippen LogP contribution in [0.5, 0.6) is 0 Å². The topological polar surface area (TPSA) is 116 Å². The Balaban J connectivity index is 1.42. The van der Waals surface area contributed by atoms with E-state index in [0.29, 0.717) is 46.9 Å². The highest BCUT2D eigenvalue weighted by atomic mass is 35.5. The molecule has 1 aromatic carbocycles. The molecule has 3 atom stereocenters. The van der Waals surface area contributed by atoms with E-state index >= 15 is 0 Å². The third-order valence-electron chi connectivity index (χ3n) is 7.87. The number of benzene rings is 1. The summed E-state index contributed by atoms with van der Waals surface area (Å²) in [5.74, 6) is -0.0889. The fraction of sp³-hybridized carbons (Fsp3) is 0.300. The van der Waals surface area contributed by atoms with Crippen LogP contribution >= 0.6 is 11.6 Å². The van der Waals surface area contributed by atoms with Crippen LogP contribution in [0, 0.1) is 5.92 Å². The molecule has 4 aromatic heterocycles. The Hall–Kier alpha value is -4.49. The predicted molar refractivity (Wildman–Crippen MR) is 158 cm³/mol. The van der Waals surface area contributed by atoms with Crippen LogP contribution in [-0.2, 0) is 13.2 Å². The smallest absolute Gasteiger partial charge is 0.374 e. The van der Waals surface area contributed by atoms with Crippen LogP contribution in [0.3, 0.4) is 0 Å². The first-order valence-corrected chi connectivity index (χ1v) is 14.3. The number of imidazole rings is 1. The largest absolute Gasteiger partial charge is 0.434 e. The Morgan fingerprint density at radius 2 is 1.89 bits per heavy atom. The van der Waals surface area contributed by atoms with Crippen molar-refractivity contribution in [2.24, 2.45) is 13.0 Å². The standard InChI is InChI=1S/C30H28ClF3N8O2/c1-17-4-3-5-25(22-10-18(8-9-35-22)28-23(39-29(17)44)13-38-40(28)2)42-16-36-21(12-27(42)43)20-11-19(31)6-7-24(20)41-14-26(37-15-41)30(32,33)34/h6-17,25,29,39,44H,3-5H2,1-2H3/t17-,25+,29?/m1/s1. The molecule has 5 heterocycles. The molecular formula is C30H28ClF3N8O2. The van der Waals surface area contributed by atoms with Gasteiger partial charge in [0.05, 0.1) is 53.3 Å². The second kappa shape index (κ2) is 11.5. The number of hydrogen-bond donors (Lipinski definition) is 2. The number of aromatic nitrogens is 7. The van der Waals surface area contributed by atoms with Gasteiger partial charge in [-0.25, -0.2) is 9.97 Å². The zero-order valence-electron chi connectivity index (χ0n) is 23.7. The van der Waals surface area contributed by atoms with Gasteiger partial charge in [0.15, 0.2) is 5.69 Å². The molecule has 2 bridgehead atoms. The number of hydrogen-bond acceptors (Lipinski definition) is 7. The molecule has 0 saturated carbocycles. The maximum Gasteiger partial charge on any atom is 0.434 e. The summed E-state index contributed by atoms with van der Waals surface area (Å²) in [5.41, 5.74) is 2.43. The summed E-state index contributed by atoms with van der Waals surface area (Å²) in [6.45, 7) is 1.95. The highest BCUT2D eigenvalue weighted by Crippen LogP contribution is 2.34. The summed E-state index contributed by atoms with van der Waals surface area (Å²) in [6.07, 6.45) is 3.20. The molecular weight excluding hydrogens is 597 g/mol. The van der Waals surface area contributed by atoms with Crippen LogP contribution in [0.15, 0.2) is 72.4 Å². The summed E-state index contributed by atoms with van der Waals surface area (Å²) >= 11 is 6.26. The minimum absolute atomic E-state index is 0.0889. The van der Waals surface area contributed by atoms with Crippen LogP contribution < -0.4 is 10.9 Å². The number of nitrogens with one attached hydrogen (secondary N) is 1. The minimum atomic E-state index is -4.61. The number of nitrogens with zero attached hydrogens (tertiary/aromatic N) is 7. The van der Waals surface area contributed by atoms with Gasteiger partial charge in [-0.05, 0) is 43.2 Å². The van der Waals surface area contributed by atoms with E-state index in [0.717, 1.165) is 23.8 Å². The zero-order chi connectivity index (χ0) is 31.2. The van der Waals surface area contributed by atoms with Crippen molar-refractivity contribution < 1.29 is 18.3 Å². The highest BCUT2D eigenvalue weighted by molar-refractivity contribution is 6.31. The first kappa shape index (κ1) is 29.6. The molecule has 2 N–H and O–H groups in total. The lowest BCUT2D eigenvalue weighted by Crippen LogP contribution is -2.29. The molecule has 10 nitrogen and oxygen atoms in total. The normalized spacial score (nSPS) is 19.0. The van der Waals surface area contributed by atoms with Crippen molar-refractivity contribution in [2.75, 3.05) is 5.32 Å². The Morgan fingerprint density at radius 3 is 2.64 bits per heavy atom. The van der Waals surface area contributed by atoms with E-state index in [4.69, 9.17) is 11.6 Å². The molecule has 44 heavy (non-hydrogen) atoms. The fourth-order valence-corrected chi connectivity index (χ4v) is 5.69. The molecule has 228 valence electrons. The van der Waals surface area contributed by atoms with Crippen LogP contribution in [-0.4, -0.2) is 45.2 Å². The molecule has 1 unspecified atom stereocenters. The number of fused-ring (bicyclic) bond motifs is 4. The average molecular weight is 625 g/mol. The second-order valence-corrected chi connectivity index (χ2v) is 11.3. The van der Waals surface area contributed by atoms with Gasteiger partial charge in [0.1, 0.15) is 6.23 Å². The molecule has 6 rings (SSSR count). The number of anilines is 1. The van der Waals surface area contributed by atoms with Crippen molar-refractivity contribution in [1.29, 1.82) is 0 Å². The SMILES string of the molecule is C[C@@H]1CCC[C@H](n2cnc(-c3cc(Cl)ccc3-n3cnc(C(F)(F)F)c3)cc2=O)c2cc(ccn2)-c2c(cnn2C)NC1O. The van der Waals surface area contributed by atoms with Gasteiger partial charge >= 0.3 is 6.18 Å². The van der Waals surface area contributed by atoms with Crippen LogP contribution in [0.2, 0.25) is 5.02 Å². The lowest BCUT2D eigenvalue weighted by Gasteiger charge is -2.25. The Bertz CT molecular complexity index is 1880. The van der Waals surface area contributed by atoms with Gasteiger partial charge in [0.25, 0.3) is 5.56 Å². The molecule has 0 spiro atoms. The van der Waals surface area contributed by atoms with Crippen molar-refractivity contribution in [3.63, 3.8) is 0 Å². The van der Waals surface area contributed by atoms with Crippen molar-refractivity contribution in [2.45, 2.75) is 44.6 Å². The first-order chi connectivity index (χ1) is 21.0. The average Bonchev–Trinajstić information content (AvgIpc) is 3.62. The number of halogens is 4. The monoisotopic (exact) mass is 624 g/mol. The van der Waals surface area contributed by atoms with E-state index in [1.165, 1.54) is 21.5 Å². The van der Waals surface area contributed by atoms with Crippen molar-refractivity contribution in [1.82, 2.24) is 33.9 Å². The molecule has 0 amide bonds. The molecule has 5 aromatic rings. The number of aryl methyl sites for hydroxylation is 1. The van der Waals surface area contributed by atoms with E-state index in [1.807, 2.05) is 26.1 Å². The molecule has 0 saturated heterocycles. The van der Waals surface area contributed by atoms with Crippen molar-refractivity contribution in [3.8, 4) is 28.2 Å². The Morgan fingerprint density at radius 1 is 1.07 bits per heavy atom. The summed E-state index contributed by atoms with van der Waals surface area (Å²) in [4.78, 5) is 26.4. The van der Waals surface area contributed by atoms with Gasteiger partial charge in [0, 0.05) is 47.6 Å². The van der Waals surface area contributed by atoms with Gasteiger partial charge in [-0.3, -0.25) is 19.0 Å². The fourth-order valence-electron chi connectivity index (χ4n) is 5.52. The van der Waals surface area contributed by atoms with Gasteiger partial charge < -0.3 is 15.0 Å². The van der Waals surface area contributed by atoms with Crippen LogP contribution in [0.4, 0.5) is 18.9 Å². The van der Waals surface area contributed by atoms with Gasteiger partial charge in [-0.15, -0.1) is 0 Å². The van der Waals surface area contributed by atoms with E-state index in [9.17, 15) is 23.1 Å². The molecule has 14 heteroatoms. The predicted octanol–water partition coefficient (Wildman–Crippen LogP) is 5.70. The molecule has 0 radical (unpaired) electrons. The lowest BCUT2D eigenvalue weighted by atomic mass is 9.96. The van der Waals surface area contributed by atoms with Crippen LogP contribution in [0.25, 0.3) is 28.2 Å². The van der Waals surface area contributed by atoms with Gasteiger partial charge in [-0.1, -0.05) is 24.9 Å². The van der Waals surface area contributed by atoms with Crippen molar-refractivity contribution >= 4 is 17.3 Å². The number of alkyl halides is 3. The number of pyridine rings is 1. The third-order valence-corrected chi connectivity index (χ3v) is 8.11. The Labute approximate surface area is 254 Å². The second-order valence-electron chi connectivity index (χ2n) is 10.9. The quantitative estimate of drug-likeness (QED) is 0.264. The maximum absolute atomic E-state index is 13.7. The molecule has 1 aliphatic heterocycles. The number of aliphatic hydroxyl groups excluding tert-OH is 1. The first-order valence-electron chi connectivity index (χ1n) is 13.9.